The van der Waals surface area contributed by atoms with Crippen LogP contribution in [-0.2, 0) is 0 Å². The van der Waals surface area contributed by atoms with E-state index in [9.17, 15) is 0 Å². The van der Waals surface area contributed by atoms with E-state index in [0.29, 0.717) is 5.92 Å². The predicted octanol–water partition coefficient (Wildman–Crippen LogP) is 2.96. The van der Waals surface area contributed by atoms with Crippen molar-refractivity contribution >= 4 is 21.7 Å². The molecule has 1 atom stereocenters. The molecule has 0 radical (unpaired) electrons. The Kier molecular flexibility index (Phi) is 5.40. The zero-order valence-electron chi connectivity index (χ0n) is 11.1. The molecule has 0 bridgehead atoms. The molecule has 0 aliphatic rings. The van der Waals surface area contributed by atoms with E-state index in [2.05, 4.69) is 52.8 Å². The van der Waals surface area contributed by atoms with Crippen molar-refractivity contribution in [2.75, 3.05) is 18.5 Å². The second kappa shape index (κ2) is 6.36. The summed E-state index contributed by atoms with van der Waals surface area (Å²) in [6.07, 6.45) is 2.87. The molecule has 1 aromatic rings. The van der Waals surface area contributed by atoms with Crippen LogP contribution in [0.3, 0.4) is 0 Å². The summed E-state index contributed by atoms with van der Waals surface area (Å²) in [4.78, 5) is 6.58. The molecule has 17 heavy (non-hydrogen) atoms. The fraction of sp³-hybridized carbons (Fsp3) is 0.615. The Morgan fingerprint density at radius 2 is 2.12 bits per heavy atom. The normalized spacial score (nSPS) is 12.9. The van der Waals surface area contributed by atoms with Crippen LogP contribution in [0.5, 0.6) is 0 Å². The van der Waals surface area contributed by atoms with Crippen LogP contribution < -0.4 is 10.6 Å². The number of rotatable bonds is 5. The van der Waals surface area contributed by atoms with Crippen LogP contribution in [0.15, 0.2) is 16.7 Å². The first-order valence-electron chi connectivity index (χ1n) is 6.00. The minimum Gasteiger partial charge on any atom is -0.359 e. The number of halogens is 1. The molecule has 1 unspecified atom stereocenters. The summed E-state index contributed by atoms with van der Waals surface area (Å²) >= 11 is 3.55. The molecular formula is C13H22BrN3. The van der Waals surface area contributed by atoms with Gasteiger partial charge >= 0.3 is 0 Å². The van der Waals surface area contributed by atoms with Crippen molar-refractivity contribution in [2.45, 2.75) is 33.2 Å². The Morgan fingerprint density at radius 1 is 1.47 bits per heavy atom. The Morgan fingerprint density at radius 3 is 2.65 bits per heavy atom. The van der Waals surface area contributed by atoms with Crippen LogP contribution >= 0.6 is 15.9 Å². The quantitative estimate of drug-likeness (QED) is 0.909. The number of nitrogens with two attached hydrogens (primary N) is 1. The van der Waals surface area contributed by atoms with Gasteiger partial charge in [-0.2, -0.15) is 0 Å². The highest BCUT2D eigenvalue weighted by Gasteiger charge is 2.11. The second-order valence-electron chi connectivity index (χ2n) is 4.94. The lowest BCUT2D eigenvalue weighted by Crippen LogP contribution is -2.32. The second-order valence-corrected chi connectivity index (χ2v) is 5.79. The lowest BCUT2D eigenvalue weighted by atomic mass is 10.0. The summed E-state index contributed by atoms with van der Waals surface area (Å²) in [5.41, 5.74) is 7.21. The molecule has 0 spiro atoms. The first-order valence-corrected chi connectivity index (χ1v) is 6.80. The van der Waals surface area contributed by atoms with E-state index >= 15 is 0 Å². The van der Waals surface area contributed by atoms with Gasteiger partial charge in [-0.05, 0) is 46.8 Å². The number of hydrogen-bond acceptors (Lipinski definition) is 3. The molecule has 0 amide bonds. The summed E-state index contributed by atoms with van der Waals surface area (Å²) in [6.45, 7) is 7.28. The van der Waals surface area contributed by atoms with E-state index in [1.807, 2.05) is 13.1 Å². The predicted molar refractivity (Wildman–Crippen MR) is 77.4 cm³/mol. The molecule has 0 aliphatic carbocycles. The standard InChI is InChI=1S/C13H22BrN3/c1-9(2)12(15)5-6-17(4)13-11(14)7-10(3)8-16-13/h7-9,12H,5-6,15H2,1-4H3. The van der Waals surface area contributed by atoms with Crippen LogP contribution in [0, 0.1) is 12.8 Å². The van der Waals surface area contributed by atoms with Crippen molar-refractivity contribution in [1.29, 1.82) is 0 Å². The minimum atomic E-state index is 0.252. The summed E-state index contributed by atoms with van der Waals surface area (Å²) in [5.74, 6) is 1.50. The lowest BCUT2D eigenvalue weighted by Gasteiger charge is -2.23. The van der Waals surface area contributed by atoms with E-state index < -0.39 is 0 Å². The van der Waals surface area contributed by atoms with Gasteiger partial charge < -0.3 is 10.6 Å². The van der Waals surface area contributed by atoms with Gasteiger partial charge in [0.25, 0.3) is 0 Å². The summed E-state index contributed by atoms with van der Waals surface area (Å²) in [5, 5.41) is 0. The zero-order chi connectivity index (χ0) is 13.0. The average Bonchev–Trinajstić information content (AvgIpc) is 2.25. The van der Waals surface area contributed by atoms with Gasteiger partial charge in [-0.1, -0.05) is 13.8 Å². The number of aromatic nitrogens is 1. The number of aryl methyl sites for hydroxylation is 1. The van der Waals surface area contributed by atoms with Crippen molar-refractivity contribution in [3.8, 4) is 0 Å². The SMILES string of the molecule is Cc1cnc(N(C)CCC(N)C(C)C)c(Br)c1. The lowest BCUT2D eigenvalue weighted by molar-refractivity contribution is 0.465. The molecule has 2 N–H and O–H groups in total. The molecule has 1 rings (SSSR count). The molecule has 4 heteroatoms. The maximum absolute atomic E-state index is 6.05. The first-order chi connectivity index (χ1) is 7.91. The number of nitrogens with zero attached hydrogens (tertiary/aromatic N) is 2. The van der Waals surface area contributed by atoms with Crippen LogP contribution in [-0.4, -0.2) is 24.6 Å². The molecule has 96 valence electrons. The minimum absolute atomic E-state index is 0.252. The van der Waals surface area contributed by atoms with Crippen LogP contribution in [0.1, 0.15) is 25.8 Å². The van der Waals surface area contributed by atoms with Crippen molar-refractivity contribution in [2.24, 2.45) is 11.7 Å². The Bertz CT molecular complexity index is 366. The molecule has 3 nitrogen and oxygen atoms in total. The van der Waals surface area contributed by atoms with Gasteiger partial charge in [0.15, 0.2) is 0 Å². The van der Waals surface area contributed by atoms with E-state index in [1.165, 1.54) is 0 Å². The maximum Gasteiger partial charge on any atom is 0.142 e. The van der Waals surface area contributed by atoms with Gasteiger partial charge in [-0.3, -0.25) is 0 Å². The highest BCUT2D eigenvalue weighted by molar-refractivity contribution is 9.10. The number of anilines is 1. The van der Waals surface area contributed by atoms with Gasteiger partial charge in [0.1, 0.15) is 5.82 Å². The third kappa shape index (κ3) is 4.28. The van der Waals surface area contributed by atoms with Crippen molar-refractivity contribution in [1.82, 2.24) is 4.98 Å². The molecule has 0 saturated carbocycles. The van der Waals surface area contributed by atoms with E-state index in [1.54, 1.807) is 0 Å². The van der Waals surface area contributed by atoms with E-state index in [4.69, 9.17) is 5.73 Å². The van der Waals surface area contributed by atoms with Crippen molar-refractivity contribution < 1.29 is 0 Å². The summed E-state index contributed by atoms with van der Waals surface area (Å²) < 4.78 is 1.04. The maximum atomic E-state index is 6.05. The fourth-order valence-corrected chi connectivity index (χ4v) is 2.36. The van der Waals surface area contributed by atoms with Gasteiger partial charge in [-0.25, -0.2) is 4.98 Å². The monoisotopic (exact) mass is 299 g/mol. The van der Waals surface area contributed by atoms with Gasteiger partial charge in [-0.15, -0.1) is 0 Å². The molecule has 1 aromatic heterocycles. The number of pyridine rings is 1. The third-order valence-corrected chi connectivity index (χ3v) is 3.56. The van der Waals surface area contributed by atoms with E-state index in [-0.39, 0.29) is 6.04 Å². The van der Waals surface area contributed by atoms with Gasteiger partial charge in [0.2, 0.25) is 0 Å². The van der Waals surface area contributed by atoms with Gasteiger partial charge in [0, 0.05) is 25.8 Å². The van der Waals surface area contributed by atoms with Crippen molar-refractivity contribution in [3.63, 3.8) is 0 Å². The zero-order valence-corrected chi connectivity index (χ0v) is 12.7. The van der Waals surface area contributed by atoms with E-state index in [0.717, 1.165) is 28.8 Å². The first kappa shape index (κ1) is 14.5. The third-order valence-electron chi connectivity index (χ3n) is 2.97. The Hall–Kier alpha value is -0.610. The van der Waals surface area contributed by atoms with Gasteiger partial charge in [0.05, 0.1) is 4.47 Å². The molecular weight excluding hydrogens is 278 g/mol. The molecule has 0 saturated heterocycles. The Labute approximate surface area is 113 Å². The average molecular weight is 300 g/mol. The summed E-state index contributed by atoms with van der Waals surface area (Å²) in [7, 11) is 2.05. The van der Waals surface area contributed by atoms with Crippen LogP contribution in [0.25, 0.3) is 0 Å². The fourth-order valence-electron chi connectivity index (χ4n) is 1.59. The highest BCUT2D eigenvalue weighted by atomic mass is 79.9. The van der Waals surface area contributed by atoms with Crippen LogP contribution in [0.2, 0.25) is 0 Å². The molecule has 0 fully saturated rings. The Balaban J connectivity index is 2.61. The highest BCUT2D eigenvalue weighted by Crippen LogP contribution is 2.23. The molecule has 0 aromatic carbocycles. The topological polar surface area (TPSA) is 42.2 Å². The summed E-state index contributed by atoms with van der Waals surface area (Å²) in [6, 6.07) is 2.34. The molecule has 1 heterocycles. The largest absolute Gasteiger partial charge is 0.359 e. The van der Waals surface area contributed by atoms with Crippen LogP contribution in [0.4, 0.5) is 5.82 Å². The number of hydrogen-bond donors (Lipinski definition) is 1. The van der Waals surface area contributed by atoms with Crippen molar-refractivity contribution in [3.05, 3.63) is 22.3 Å². The smallest absolute Gasteiger partial charge is 0.142 e. The molecule has 0 aliphatic heterocycles.